The molecule has 1 amide bonds. The van der Waals surface area contributed by atoms with Gasteiger partial charge in [0.1, 0.15) is 5.75 Å². The highest BCUT2D eigenvalue weighted by atomic mass is 16.5. The summed E-state index contributed by atoms with van der Waals surface area (Å²) in [6.07, 6.45) is 4.25. The molecule has 3 rings (SSSR count). The molecule has 7 heteroatoms. The van der Waals surface area contributed by atoms with Crippen LogP contribution in [0.5, 0.6) is 5.75 Å². The van der Waals surface area contributed by atoms with Gasteiger partial charge >= 0.3 is 0 Å². The summed E-state index contributed by atoms with van der Waals surface area (Å²) in [5, 5.41) is 10.7. The first-order valence-corrected chi connectivity index (χ1v) is 7.51. The van der Waals surface area contributed by atoms with Crippen LogP contribution in [0.1, 0.15) is 12.0 Å². The van der Waals surface area contributed by atoms with Gasteiger partial charge in [-0.1, -0.05) is 18.2 Å². The van der Waals surface area contributed by atoms with Gasteiger partial charge in [-0.05, 0) is 30.2 Å². The average Bonchev–Trinajstić information content (AvgIpc) is 3.09. The van der Waals surface area contributed by atoms with Gasteiger partial charge in [-0.3, -0.25) is 15.1 Å². The molecule has 2 N–H and O–H groups in total. The molecule has 0 radical (unpaired) electrons. The predicted octanol–water partition coefficient (Wildman–Crippen LogP) is 2.45. The number of amides is 1. The second-order valence-corrected chi connectivity index (χ2v) is 5.12. The number of carbonyl (C=O) groups excluding carboxylic acids is 1. The first-order chi connectivity index (χ1) is 11.8. The van der Waals surface area contributed by atoms with E-state index in [1.807, 2.05) is 36.4 Å². The van der Waals surface area contributed by atoms with E-state index in [9.17, 15) is 4.79 Å². The second kappa shape index (κ2) is 7.36. The fraction of sp³-hybridized carbons (Fsp3) is 0.176. The molecule has 0 bridgehead atoms. The molecule has 0 atom stereocenters. The lowest BCUT2D eigenvalue weighted by Crippen LogP contribution is -2.13. The Kier molecular flexibility index (Phi) is 4.81. The van der Waals surface area contributed by atoms with Gasteiger partial charge in [0.15, 0.2) is 5.82 Å². The van der Waals surface area contributed by atoms with Crippen LogP contribution in [0, 0.1) is 0 Å². The van der Waals surface area contributed by atoms with E-state index in [4.69, 9.17) is 4.74 Å². The maximum absolute atomic E-state index is 12.1. The zero-order valence-corrected chi connectivity index (χ0v) is 13.2. The lowest BCUT2D eigenvalue weighted by atomic mass is 10.1. The Bertz CT molecular complexity index is 817. The number of hydrogen-bond donors (Lipinski definition) is 2. The molecule has 0 aliphatic carbocycles. The van der Waals surface area contributed by atoms with Crippen molar-refractivity contribution in [3.63, 3.8) is 0 Å². The molecule has 0 aliphatic heterocycles. The molecule has 2 heterocycles. The predicted molar refractivity (Wildman–Crippen MR) is 89.6 cm³/mol. The van der Waals surface area contributed by atoms with Crippen LogP contribution in [-0.2, 0) is 11.2 Å². The van der Waals surface area contributed by atoms with Crippen LogP contribution in [0.25, 0.3) is 11.4 Å². The highest BCUT2D eigenvalue weighted by Crippen LogP contribution is 2.19. The van der Waals surface area contributed by atoms with Gasteiger partial charge in [0.2, 0.25) is 11.9 Å². The van der Waals surface area contributed by atoms with E-state index < -0.39 is 0 Å². The molecule has 1 aromatic carbocycles. The molecule has 7 nitrogen and oxygen atoms in total. The monoisotopic (exact) mass is 323 g/mol. The fourth-order valence-electron chi connectivity index (χ4n) is 2.31. The van der Waals surface area contributed by atoms with Gasteiger partial charge in [0.05, 0.1) is 7.11 Å². The maximum Gasteiger partial charge on any atom is 0.228 e. The first-order valence-electron chi connectivity index (χ1n) is 7.51. The number of pyridine rings is 1. The highest BCUT2D eigenvalue weighted by molar-refractivity contribution is 5.89. The molecule has 0 aliphatic rings. The third-order valence-corrected chi connectivity index (χ3v) is 3.51. The SMILES string of the molecule is COc1ccccc1CCC(=O)Nc1nnc(-c2ccncc2)[nH]1. The number of aryl methyl sites for hydroxylation is 1. The summed E-state index contributed by atoms with van der Waals surface area (Å²) in [6, 6.07) is 11.3. The van der Waals surface area contributed by atoms with Gasteiger partial charge in [-0.2, -0.15) is 0 Å². The standard InChI is InChI=1S/C17H17N5O2/c1-24-14-5-3-2-4-12(14)6-7-15(23)19-17-20-16(21-22-17)13-8-10-18-11-9-13/h2-5,8-11H,6-7H2,1H3,(H2,19,20,21,22,23). The van der Waals surface area contributed by atoms with Gasteiger partial charge < -0.3 is 9.72 Å². The molecular formula is C17H17N5O2. The molecule has 24 heavy (non-hydrogen) atoms. The number of H-pyrrole nitrogens is 1. The first kappa shape index (κ1) is 15.7. The maximum atomic E-state index is 12.1. The minimum absolute atomic E-state index is 0.140. The zero-order valence-electron chi connectivity index (χ0n) is 13.2. The Morgan fingerprint density at radius 1 is 1.17 bits per heavy atom. The molecule has 0 fully saturated rings. The van der Waals surface area contributed by atoms with Crippen LogP contribution in [0.3, 0.4) is 0 Å². The second-order valence-electron chi connectivity index (χ2n) is 5.12. The molecule has 3 aromatic rings. The van der Waals surface area contributed by atoms with Crippen molar-refractivity contribution in [2.24, 2.45) is 0 Å². The summed E-state index contributed by atoms with van der Waals surface area (Å²) in [5.74, 6) is 1.55. The largest absolute Gasteiger partial charge is 0.496 e. The number of hydrogen-bond acceptors (Lipinski definition) is 5. The number of carbonyl (C=O) groups is 1. The molecular weight excluding hydrogens is 306 g/mol. The van der Waals surface area contributed by atoms with Gasteiger partial charge in [-0.25, -0.2) is 0 Å². The van der Waals surface area contributed by atoms with E-state index in [2.05, 4.69) is 25.5 Å². The Balaban J connectivity index is 1.58. The topological polar surface area (TPSA) is 92.8 Å². The number of aromatic nitrogens is 4. The Morgan fingerprint density at radius 3 is 2.75 bits per heavy atom. The van der Waals surface area contributed by atoms with Gasteiger partial charge in [0.25, 0.3) is 0 Å². The number of rotatable bonds is 6. The summed E-state index contributed by atoms with van der Waals surface area (Å²) < 4.78 is 5.28. The Labute approximate surface area is 139 Å². The molecule has 0 unspecified atom stereocenters. The number of aromatic amines is 1. The van der Waals surface area contributed by atoms with E-state index in [-0.39, 0.29) is 5.91 Å². The van der Waals surface area contributed by atoms with Gasteiger partial charge in [0, 0.05) is 24.4 Å². The summed E-state index contributed by atoms with van der Waals surface area (Å²) in [4.78, 5) is 19.0. The number of para-hydroxylation sites is 1. The Morgan fingerprint density at radius 2 is 1.96 bits per heavy atom. The van der Waals surface area contributed by atoms with Crippen LogP contribution in [-0.4, -0.2) is 33.2 Å². The van der Waals surface area contributed by atoms with Crippen LogP contribution in [0.2, 0.25) is 0 Å². The minimum Gasteiger partial charge on any atom is -0.496 e. The number of nitrogens with zero attached hydrogens (tertiary/aromatic N) is 3. The van der Waals surface area contributed by atoms with Crippen molar-refractivity contribution in [1.29, 1.82) is 0 Å². The van der Waals surface area contributed by atoms with Crippen molar-refractivity contribution < 1.29 is 9.53 Å². The number of ether oxygens (including phenoxy) is 1. The summed E-state index contributed by atoms with van der Waals surface area (Å²) in [6.45, 7) is 0. The lowest BCUT2D eigenvalue weighted by molar-refractivity contribution is -0.116. The lowest BCUT2D eigenvalue weighted by Gasteiger charge is -2.07. The Hall–Kier alpha value is -3.22. The third-order valence-electron chi connectivity index (χ3n) is 3.51. The van der Waals surface area contributed by atoms with Crippen molar-refractivity contribution >= 4 is 11.9 Å². The number of anilines is 1. The summed E-state index contributed by atoms with van der Waals surface area (Å²) >= 11 is 0. The highest BCUT2D eigenvalue weighted by Gasteiger charge is 2.10. The fourth-order valence-corrected chi connectivity index (χ4v) is 2.31. The van der Waals surface area contributed by atoms with E-state index in [1.165, 1.54) is 0 Å². The van der Waals surface area contributed by atoms with E-state index >= 15 is 0 Å². The normalized spacial score (nSPS) is 10.4. The van der Waals surface area contributed by atoms with E-state index in [0.717, 1.165) is 16.9 Å². The minimum atomic E-state index is -0.140. The van der Waals surface area contributed by atoms with Crippen LogP contribution < -0.4 is 10.1 Å². The molecule has 122 valence electrons. The van der Waals surface area contributed by atoms with Crippen molar-refractivity contribution in [3.05, 3.63) is 54.4 Å². The zero-order chi connectivity index (χ0) is 16.8. The van der Waals surface area contributed by atoms with Crippen molar-refractivity contribution in [2.45, 2.75) is 12.8 Å². The molecule has 0 saturated carbocycles. The van der Waals surface area contributed by atoms with Gasteiger partial charge in [-0.15, -0.1) is 10.2 Å². The smallest absolute Gasteiger partial charge is 0.228 e. The molecule has 0 saturated heterocycles. The van der Waals surface area contributed by atoms with Crippen molar-refractivity contribution in [3.8, 4) is 17.1 Å². The number of nitrogens with one attached hydrogen (secondary N) is 2. The van der Waals surface area contributed by atoms with Crippen LogP contribution in [0.4, 0.5) is 5.95 Å². The average molecular weight is 323 g/mol. The quantitative estimate of drug-likeness (QED) is 0.727. The van der Waals surface area contributed by atoms with E-state index in [1.54, 1.807) is 19.5 Å². The number of benzene rings is 1. The van der Waals surface area contributed by atoms with Crippen molar-refractivity contribution in [1.82, 2.24) is 20.2 Å². The van der Waals surface area contributed by atoms with Crippen LogP contribution >= 0.6 is 0 Å². The van der Waals surface area contributed by atoms with E-state index in [0.29, 0.717) is 24.6 Å². The molecule has 2 aromatic heterocycles. The van der Waals surface area contributed by atoms with Crippen LogP contribution in [0.15, 0.2) is 48.8 Å². The number of methoxy groups -OCH3 is 1. The summed E-state index contributed by atoms with van der Waals surface area (Å²) in [7, 11) is 1.62. The van der Waals surface area contributed by atoms with Crippen molar-refractivity contribution in [2.75, 3.05) is 12.4 Å². The third kappa shape index (κ3) is 3.75. The molecule has 0 spiro atoms. The summed E-state index contributed by atoms with van der Waals surface area (Å²) in [5.41, 5.74) is 1.84.